The fraction of sp³-hybridized carbons (Fsp3) is 0.636. The number of nitrogens with zero attached hydrogens (tertiary/aromatic N) is 3. The van der Waals surface area contributed by atoms with Gasteiger partial charge in [0.05, 0.1) is 21.8 Å². The lowest BCUT2D eigenvalue weighted by Gasteiger charge is -2.35. The van der Waals surface area contributed by atoms with Gasteiger partial charge < -0.3 is 15.2 Å². The zero-order valence-corrected chi connectivity index (χ0v) is 18.5. The van der Waals surface area contributed by atoms with Gasteiger partial charge in [-0.2, -0.15) is 0 Å². The molecule has 164 valence electrons. The first-order valence-electron chi connectivity index (χ1n) is 11.0. The molecule has 4 rings (SSSR count). The van der Waals surface area contributed by atoms with Crippen LogP contribution in [0.15, 0.2) is 18.2 Å². The van der Waals surface area contributed by atoms with Crippen molar-refractivity contribution in [1.82, 2.24) is 20.1 Å². The molecule has 2 aliphatic rings. The maximum atomic E-state index is 12.2. The van der Waals surface area contributed by atoms with Crippen LogP contribution in [-0.4, -0.2) is 83.8 Å². The second kappa shape index (κ2) is 10.0. The number of nitrogens with one attached hydrogen (secondary N) is 1. The Morgan fingerprint density at radius 2 is 2.00 bits per heavy atom. The molecule has 30 heavy (non-hydrogen) atoms. The number of hydrogen-bond acceptors (Lipinski definition) is 7. The zero-order valence-electron chi connectivity index (χ0n) is 17.7. The largest absolute Gasteiger partial charge is 0.491 e. The van der Waals surface area contributed by atoms with Crippen LogP contribution < -0.4 is 10.1 Å². The minimum absolute atomic E-state index is 0.150. The topological polar surface area (TPSA) is 77.9 Å². The van der Waals surface area contributed by atoms with Crippen molar-refractivity contribution in [3.8, 4) is 5.75 Å². The molecule has 2 N–H and O–H groups in total. The van der Waals surface area contributed by atoms with Gasteiger partial charge in [0, 0.05) is 38.8 Å². The van der Waals surface area contributed by atoms with E-state index in [1.807, 2.05) is 25.1 Å². The third-order valence-electron chi connectivity index (χ3n) is 5.93. The molecule has 0 radical (unpaired) electrons. The summed E-state index contributed by atoms with van der Waals surface area (Å²) in [7, 11) is 0. The molecule has 1 aliphatic heterocycles. The average Bonchev–Trinajstić information content (AvgIpc) is 3.35. The van der Waals surface area contributed by atoms with E-state index in [4.69, 9.17) is 4.74 Å². The molecule has 2 heterocycles. The van der Waals surface area contributed by atoms with Gasteiger partial charge in [-0.25, -0.2) is 4.98 Å². The number of β-amino-alcohol motifs (C(OH)–C–C–N with tert-alkyl or cyclic N) is 1. The van der Waals surface area contributed by atoms with Gasteiger partial charge in [-0.1, -0.05) is 12.8 Å². The van der Waals surface area contributed by atoms with Crippen LogP contribution in [0.4, 0.5) is 0 Å². The van der Waals surface area contributed by atoms with E-state index in [0.717, 1.165) is 60.0 Å². The predicted molar refractivity (Wildman–Crippen MR) is 119 cm³/mol. The summed E-state index contributed by atoms with van der Waals surface area (Å²) in [5.41, 5.74) is 0.986. The minimum atomic E-state index is -0.541. The summed E-state index contributed by atoms with van der Waals surface area (Å²) in [6.45, 7) is 6.77. The SMILES string of the molecule is Cc1nc2ccc(OCC(O)CN3CCN(CC(=O)NC4CCCC4)CC3)cc2s1. The molecule has 1 saturated carbocycles. The molecular weight excluding hydrogens is 400 g/mol. The Balaban J connectivity index is 1.15. The molecule has 0 bridgehead atoms. The monoisotopic (exact) mass is 432 g/mol. The summed E-state index contributed by atoms with van der Waals surface area (Å²) in [5, 5.41) is 14.6. The summed E-state index contributed by atoms with van der Waals surface area (Å²) in [4.78, 5) is 21.1. The lowest BCUT2D eigenvalue weighted by Crippen LogP contribution is -2.52. The Labute approximate surface area is 182 Å². The van der Waals surface area contributed by atoms with E-state index in [1.54, 1.807) is 11.3 Å². The number of aryl methyl sites for hydroxylation is 1. The maximum Gasteiger partial charge on any atom is 0.234 e. The molecule has 2 aromatic rings. The highest BCUT2D eigenvalue weighted by molar-refractivity contribution is 7.18. The molecule has 1 amide bonds. The van der Waals surface area contributed by atoms with Crippen molar-refractivity contribution >= 4 is 27.5 Å². The van der Waals surface area contributed by atoms with Crippen molar-refractivity contribution in [2.45, 2.75) is 44.8 Å². The van der Waals surface area contributed by atoms with Crippen molar-refractivity contribution in [3.63, 3.8) is 0 Å². The number of piperazine rings is 1. The molecule has 7 nitrogen and oxygen atoms in total. The normalized spacial score (nSPS) is 19.9. The molecule has 1 aliphatic carbocycles. The van der Waals surface area contributed by atoms with Gasteiger partial charge in [0.1, 0.15) is 18.5 Å². The minimum Gasteiger partial charge on any atom is -0.491 e. The number of rotatable bonds is 8. The van der Waals surface area contributed by atoms with Gasteiger partial charge in [0.2, 0.25) is 5.91 Å². The number of amides is 1. The third-order valence-corrected chi connectivity index (χ3v) is 6.86. The number of aromatic nitrogens is 1. The number of aliphatic hydroxyl groups excluding tert-OH is 1. The first-order valence-corrected chi connectivity index (χ1v) is 11.8. The maximum absolute atomic E-state index is 12.2. The number of benzene rings is 1. The fourth-order valence-corrected chi connectivity index (χ4v) is 5.19. The molecule has 1 saturated heterocycles. The van der Waals surface area contributed by atoms with Crippen molar-refractivity contribution in [2.24, 2.45) is 0 Å². The van der Waals surface area contributed by atoms with E-state index in [2.05, 4.69) is 20.1 Å². The highest BCUT2D eigenvalue weighted by atomic mass is 32.1. The summed E-state index contributed by atoms with van der Waals surface area (Å²) in [6, 6.07) is 6.24. The number of hydrogen-bond donors (Lipinski definition) is 2. The Bertz CT molecular complexity index is 844. The first kappa shape index (κ1) is 21.5. The van der Waals surface area contributed by atoms with Crippen LogP contribution in [0.25, 0.3) is 10.2 Å². The number of aliphatic hydroxyl groups is 1. The fourth-order valence-electron chi connectivity index (χ4n) is 4.33. The Kier molecular flexibility index (Phi) is 7.20. The van der Waals surface area contributed by atoms with Crippen LogP contribution in [0.1, 0.15) is 30.7 Å². The van der Waals surface area contributed by atoms with Crippen LogP contribution in [0.3, 0.4) is 0 Å². The summed E-state index contributed by atoms with van der Waals surface area (Å²) in [6.07, 6.45) is 4.17. The van der Waals surface area contributed by atoms with Crippen molar-refractivity contribution < 1.29 is 14.6 Å². The van der Waals surface area contributed by atoms with Gasteiger partial charge >= 0.3 is 0 Å². The quantitative estimate of drug-likeness (QED) is 0.665. The van der Waals surface area contributed by atoms with Crippen LogP contribution in [0.2, 0.25) is 0 Å². The van der Waals surface area contributed by atoms with E-state index in [0.29, 0.717) is 19.1 Å². The van der Waals surface area contributed by atoms with Gasteiger partial charge in [0.15, 0.2) is 0 Å². The smallest absolute Gasteiger partial charge is 0.234 e. The average molecular weight is 433 g/mol. The molecule has 0 spiro atoms. The number of thiazole rings is 1. The number of ether oxygens (including phenoxy) is 1. The molecule has 8 heteroatoms. The van der Waals surface area contributed by atoms with Crippen molar-refractivity contribution in [3.05, 3.63) is 23.2 Å². The number of carbonyl (C=O) groups is 1. The number of carbonyl (C=O) groups excluding carboxylic acids is 1. The van der Waals surface area contributed by atoms with Crippen molar-refractivity contribution in [2.75, 3.05) is 45.9 Å². The number of fused-ring (bicyclic) bond motifs is 1. The van der Waals surface area contributed by atoms with Crippen LogP contribution in [0, 0.1) is 6.92 Å². The summed E-state index contributed by atoms with van der Waals surface area (Å²) < 4.78 is 6.91. The van der Waals surface area contributed by atoms with Crippen LogP contribution in [0.5, 0.6) is 5.75 Å². The highest BCUT2D eigenvalue weighted by Gasteiger charge is 2.23. The first-order chi connectivity index (χ1) is 14.5. The Morgan fingerprint density at radius 1 is 1.27 bits per heavy atom. The van der Waals surface area contributed by atoms with E-state index >= 15 is 0 Å². The highest BCUT2D eigenvalue weighted by Crippen LogP contribution is 2.26. The van der Waals surface area contributed by atoms with Crippen LogP contribution in [-0.2, 0) is 4.79 Å². The second-order valence-corrected chi connectivity index (χ2v) is 9.69. The lowest BCUT2D eigenvalue weighted by atomic mass is 10.2. The third kappa shape index (κ3) is 5.91. The van der Waals surface area contributed by atoms with E-state index < -0.39 is 6.10 Å². The Hall–Kier alpha value is -1.74. The van der Waals surface area contributed by atoms with Crippen molar-refractivity contribution in [1.29, 1.82) is 0 Å². The molecule has 1 unspecified atom stereocenters. The molecular formula is C22H32N4O3S. The predicted octanol–water partition coefficient (Wildman–Crippen LogP) is 2.02. The molecule has 2 fully saturated rings. The van der Waals surface area contributed by atoms with Gasteiger partial charge in [-0.15, -0.1) is 11.3 Å². The molecule has 1 aromatic carbocycles. The van der Waals surface area contributed by atoms with Gasteiger partial charge in [0.25, 0.3) is 0 Å². The lowest BCUT2D eigenvalue weighted by molar-refractivity contribution is -0.123. The van der Waals surface area contributed by atoms with Gasteiger partial charge in [-0.3, -0.25) is 14.6 Å². The summed E-state index contributed by atoms with van der Waals surface area (Å²) >= 11 is 1.65. The van der Waals surface area contributed by atoms with E-state index in [9.17, 15) is 9.90 Å². The Morgan fingerprint density at radius 3 is 2.77 bits per heavy atom. The van der Waals surface area contributed by atoms with Gasteiger partial charge in [-0.05, 0) is 38.0 Å². The van der Waals surface area contributed by atoms with E-state index in [-0.39, 0.29) is 12.5 Å². The summed E-state index contributed by atoms with van der Waals surface area (Å²) in [5.74, 6) is 0.917. The van der Waals surface area contributed by atoms with Crippen LogP contribution >= 0.6 is 11.3 Å². The molecule has 1 aromatic heterocycles. The van der Waals surface area contributed by atoms with E-state index in [1.165, 1.54) is 12.8 Å². The molecule has 1 atom stereocenters. The second-order valence-electron chi connectivity index (χ2n) is 8.45. The zero-order chi connectivity index (χ0) is 20.9. The standard InChI is InChI=1S/C22H32N4O3S/c1-16-23-20-7-6-19(12-21(20)30-16)29-15-18(27)13-25-8-10-26(11-9-25)14-22(28)24-17-4-2-3-5-17/h6-7,12,17-18,27H,2-5,8-11,13-15H2,1H3,(H,24,28).